The molecule has 0 fully saturated rings. The van der Waals surface area contributed by atoms with E-state index in [1.165, 1.54) is 12.1 Å². The van der Waals surface area contributed by atoms with Gasteiger partial charge in [0.15, 0.2) is 5.11 Å². The Balaban J connectivity index is 1.76. The predicted octanol–water partition coefficient (Wildman–Crippen LogP) is 5.79. The third-order valence-electron chi connectivity index (χ3n) is 5.18. The number of benzene rings is 1. The lowest BCUT2D eigenvalue weighted by molar-refractivity contribution is 0.395. The number of rotatable bonds is 7. The highest BCUT2D eigenvalue weighted by Crippen LogP contribution is 2.37. The number of halogens is 1. The van der Waals surface area contributed by atoms with Crippen LogP contribution >= 0.6 is 23.6 Å². The fraction of sp³-hybridized carbons (Fsp3) is 0.318. The molecule has 5 nitrogen and oxygen atoms in total. The average Bonchev–Trinajstić information content (AvgIpc) is 3.42. The highest BCUT2D eigenvalue weighted by molar-refractivity contribution is 7.80. The lowest BCUT2D eigenvalue weighted by Gasteiger charge is -2.37. The van der Waals surface area contributed by atoms with Crippen LogP contribution in [0.15, 0.2) is 52.0 Å². The van der Waals surface area contributed by atoms with Gasteiger partial charge < -0.3 is 14.7 Å². The lowest BCUT2D eigenvalue weighted by Crippen LogP contribution is -2.46. The van der Waals surface area contributed by atoms with Gasteiger partial charge in [-0.15, -0.1) is 11.3 Å². The third kappa shape index (κ3) is 4.15. The number of thiophene rings is 1. The molecule has 0 spiro atoms. The number of nitrogens with zero attached hydrogens (tertiary/aromatic N) is 3. The van der Waals surface area contributed by atoms with E-state index in [9.17, 15) is 4.39 Å². The van der Waals surface area contributed by atoms with Crippen LogP contribution in [-0.2, 0) is 0 Å². The van der Waals surface area contributed by atoms with E-state index in [1.807, 2.05) is 24.4 Å². The summed E-state index contributed by atoms with van der Waals surface area (Å²) in [4.78, 5) is 7.70. The highest BCUT2D eigenvalue weighted by Gasteiger charge is 2.33. The maximum Gasteiger partial charge on any atom is 0.258 e. The van der Waals surface area contributed by atoms with Crippen molar-refractivity contribution in [3.05, 3.63) is 64.7 Å². The summed E-state index contributed by atoms with van der Waals surface area (Å²) in [6.07, 6.45) is 3.30. The zero-order valence-electron chi connectivity index (χ0n) is 16.9. The second kappa shape index (κ2) is 9.06. The van der Waals surface area contributed by atoms with Crippen LogP contribution in [-0.4, -0.2) is 26.7 Å². The normalized spacial score (nSPS) is 16.8. The standard InChI is InChI=1S/C22H23FN4OS2/c1-3-4-5-12-27-14(2)18(21-25-20(26-28-21)17-7-6-13-30-17)19(24-22(27)29)15-8-10-16(23)11-9-15/h6-11,13,19H,3-5,12H2,1-2H3,(H,24,29). The third-order valence-corrected chi connectivity index (χ3v) is 6.39. The van der Waals surface area contributed by atoms with Gasteiger partial charge in [-0.2, -0.15) is 4.98 Å². The van der Waals surface area contributed by atoms with Gasteiger partial charge in [-0.1, -0.05) is 43.1 Å². The molecule has 0 amide bonds. The molecule has 3 aromatic rings. The fourth-order valence-corrected chi connectivity index (χ4v) is 4.59. The van der Waals surface area contributed by atoms with Crippen LogP contribution < -0.4 is 5.32 Å². The van der Waals surface area contributed by atoms with E-state index in [-0.39, 0.29) is 11.9 Å². The Kier molecular flexibility index (Phi) is 6.24. The first-order chi connectivity index (χ1) is 14.6. The number of thiocarbonyl (C=S) groups is 1. The first-order valence-electron chi connectivity index (χ1n) is 10.0. The van der Waals surface area contributed by atoms with Crippen molar-refractivity contribution in [2.75, 3.05) is 6.54 Å². The Hall–Kier alpha value is -2.58. The van der Waals surface area contributed by atoms with Gasteiger partial charge in [-0.05, 0) is 54.7 Å². The highest BCUT2D eigenvalue weighted by atomic mass is 32.1. The Bertz CT molecular complexity index is 1040. The van der Waals surface area contributed by atoms with Gasteiger partial charge in [0.2, 0.25) is 5.82 Å². The maximum atomic E-state index is 13.5. The summed E-state index contributed by atoms with van der Waals surface area (Å²) in [6.45, 7) is 5.02. The van der Waals surface area contributed by atoms with Gasteiger partial charge in [-0.3, -0.25) is 0 Å². The summed E-state index contributed by atoms with van der Waals surface area (Å²) < 4.78 is 19.2. The molecule has 0 saturated carbocycles. The Morgan fingerprint density at radius 2 is 2.03 bits per heavy atom. The van der Waals surface area contributed by atoms with Crippen LogP contribution in [0.5, 0.6) is 0 Å². The minimum atomic E-state index is -0.294. The largest absolute Gasteiger partial charge is 0.351 e. The number of nitrogens with one attached hydrogen (secondary N) is 1. The topological polar surface area (TPSA) is 54.2 Å². The molecule has 2 aromatic heterocycles. The van der Waals surface area contributed by atoms with E-state index in [2.05, 4.69) is 27.3 Å². The second-order valence-electron chi connectivity index (χ2n) is 7.19. The van der Waals surface area contributed by atoms with Gasteiger partial charge >= 0.3 is 0 Å². The first kappa shape index (κ1) is 20.7. The van der Waals surface area contributed by atoms with Crippen molar-refractivity contribution < 1.29 is 8.91 Å². The van der Waals surface area contributed by atoms with E-state index in [0.717, 1.165) is 47.5 Å². The average molecular weight is 443 g/mol. The molecule has 1 atom stereocenters. The molecule has 1 aliphatic heterocycles. The molecular formula is C22H23FN4OS2. The molecule has 0 aliphatic carbocycles. The lowest BCUT2D eigenvalue weighted by atomic mass is 9.94. The minimum absolute atomic E-state index is 0.279. The molecule has 0 bridgehead atoms. The van der Waals surface area contributed by atoms with Gasteiger partial charge in [0, 0.05) is 12.2 Å². The number of allylic oxidation sites excluding steroid dienone is 1. The molecule has 8 heteroatoms. The number of aromatic nitrogens is 2. The molecule has 1 aliphatic rings. The summed E-state index contributed by atoms with van der Waals surface area (Å²) in [5.74, 6) is 0.725. The van der Waals surface area contributed by atoms with Crippen LogP contribution in [0.2, 0.25) is 0 Å². The molecule has 156 valence electrons. The molecular weight excluding hydrogens is 419 g/mol. The summed E-state index contributed by atoms with van der Waals surface area (Å²) in [5, 5.41) is 10.2. The number of hydrogen-bond acceptors (Lipinski definition) is 5. The molecule has 1 aromatic carbocycles. The van der Waals surface area contributed by atoms with Crippen molar-refractivity contribution in [1.29, 1.82) is 0 Å². The van der Waals surface area contributed by atoms with Crippen molar-refractivity contribution in [3.63, 3.8) is 0 Å². The van der Waals surface area contributed by atoms with Crippen molar-refractivity contribution in [1.82, 2.24) is 20.4 Å². The predicted molar refractivity (Wildman–Crippen MR) is 121 cm³/mol. The first-order valence-corrected chi connectivity index (χ1v) is 11.3. The van der Waals surface area contributed by atoms with Crippen LogP contribution in [0.3, 0.4) is 0 Å². The van der Waals surface area contributed by atoms with Gasteiger partial charge in [0.25, 0.3) is 5.89 Å². The van der Waals surface area contributed by atoms with Gasteiger partial charge in [0.1, 0.15) is 5.82 Å². The van der Waals surface area contributed by atoms with E-state index >= 15 is 0 Å². The van der Waals surface area contributed by atoms with Crippen molar-refractivity contribution >= 4 is 34.2 Å². The van der Waals surface area contributed by atoms with Gasteiger partial charge in [0.05, 0.1) is 16.5 Å². The maximum absolute atomic E-state index is 13.5. The molecule has 0 radical (unpaired) electrons. The van der Waals surface area contributed by atoms with E-state index in [4.69, 9.17) is 16.7 Å². The van der Waals surface area contributed by atoms with Crippen molar-refractivity contribution in [2.45, 2.75) is 39.2 Å². The van der Waals surface area contributed by atoms with Crippen LogP contribution in [0.25, 0.3) is 16.3 Å². The Morgan fingerprint density at radius 3 is 2.73 bits per heavy atom. The fourth-order valence-electron chi connectivity index (χ4n) is 3.59. The molecule has 4 rings (SSSR count). The molecule has 0 saturated heterocycles. The zero-order valence-corrected chi connectivity index (χ0v) is 18.5. The minimum Gasteiger partial charge on any atom is -0.351 e. The van der Waals surface area contributed by atoms with Crippen molar-refractivity contribution in [2.24, 2.45) is 0 Å². The molecule has 30 heavy (non-hydrogen) atoms. The zero-order chi connectivity index (χ0) is 21.1. The monoisotopic (exact) mass is 442 g/mol. The van der Waals surface area contributed by atoms with Crippen LogP contribution in [0.1, 0.15) is 50.6 Å². The SMILES string of the molecule is CCCCCN1C(=S)NC(c2ccc(F)cc2)C(c2nc(-c3cccs3)no2)=C1C. The Morgan fingerprint density at radius 1 is 1.23 bits per heavy atom. The summed E-state index contributed by atoms with van der Waals surface area (Å²) in [5.41, 5.74) is 2.73. The van der Waals surface area contributed by atoms with Gasteiger partial charge in [-0.25, -0.2) is 4.39 Å². The quantitative estimate of drug-likeness (QED) is 0.369. The van der Waals surface area contributed by atoms with E-state index < -0.39 is 0 Å². The smallest absolute Gasteiger partial charge is 0.258 e. The van der Waals surface area contributed by atoms with Crippen molar-refractivity contribution in [3.8, 4) is 10.7 Å². The second-order valence-corrected chi connectivity index (χ2v) is 8.53. The van der Waals surface area contributed by atoms with Crippen LogP contribution in [0.4, 0.5) is 4.39 Å². The summed E-state index contributed by atoms with van der Waals surface area (Å²) >= 11 is 7.23. The number of hydrogen-bond donors (Lipinski definition) is 1. The van der Waals surface area contributed by atoms with E-state index in [1.54, 1.807) is 23.5 Å². The molecule has 3 heterocycles. The molecule has 1 N–H and O–H groups in total. The number of unbranched alkanes of at least 4 members (excludes halogenated alkanes) is 2. The summed E-state index contributed by atoms with van der Waals surface area (Å²) in [6, 6.07) is 10.0. The molecule has 1 unspecified atom stereocenters. The Labute approximate surface area is 184 Å². The van der Waals surface area contributed by atoms with Crippen LogP contribution in [0, 0.1) is 5.82 Å². The van der Waals surface area contributed by atoms with E-state index in [0.29, 0.717) is 16.8 Å². The summed E-state index contributed by atoms with van der Waals surface area (Å²) in [7, 11) is 0.